The molecule has 2 aliphatic rings. The lowest BCUT2D eigenvalue weighted by atomic mass is 10.2. The van der Waals surface area contributed by atoms with Gasteiger partial charge in [-0.3, -0.25) is 0 Å². The molecule has 1 aromatic carbocycles. The lowest BCUT2D eigenvalue weighted by Gasteiger charge is -2.21. The van der Waals surface area contributed by atoms with Gasteiger partial charge in [0, 0.05) is 24.8 Å². The summed E-state index contributed by atoms with van der Waals surface area (Å²) in [6.07, 6.45) is 0. The van der Waals surface area contributed by atoms with E-state index >= 15 is 0 Å². The number of nitrogens with two attached hydrogens (primary N) is 1. The van der Waals surface area contributed by atoms with E-state index in [1.807, 2.05) is 12.1 Å². The fourth-order valence-corrected chi connectivity index (χ4v) is 2.79. The highest BCUT2D eigenvalue weighted by molar-refractivity contribution is 6.32. The molecule has 4 heteroatoms. The first-order valence-corrected chi connectivity index (χ1v) is 5.78. The maximum absolute atomic E-state index is 8.79. The van der Waals surface area contributed by atoms with E-state index in [1.165, 1.54) is 0 Å². The fraction of sp³-hybridized carbons (Fsp3) is 0.417. The van der Waals surface area contributed by atoms with Gasteiger partial charge in [-0.25, -0.2) is 0 Å². The van der Waals surface area contributed by atoms with Gasteiger partial charge in [-0.15, -0.1) is 0 Å². The number of hydrogen-bond donors (Lipinski definition) is 1. The Bertz CT molecular complexity index is 468. The number of rotatable bonds is 1. The lowest BCUT2D eigenvalue weighted by Crippen LogP contribution is -2.27. The molecular formula is C12H12ClN3. The number of fused-ring (bicyclic) bond motifs is 1. The largest absolute Gasteiger partial charge is 0.371 e. The molecule has 1 heterocycles. The molecule has 2 fully saturated rings. The smallest absolute Gasteiger partial charge is 0.101 e. The van der Waals surface area contributed by atoms with Crippen LogP contribution in [0.1, 0.15) is 5.56 Å². The zero-order valence-corrected chi connectivity index (χ0v) is 9.48. The van der Waals surface area contributed by atoms with Crippen LogP contribution in [-0.2, 0) is 0 Å². The minimum Gasteiger partial charge on any atom is -0.371 e. The van der Waals surface area contributed by atoms with E-state index in [-0.39, 0.29) is 0 Å². The summed E-state index contributed by atoms with van der Waals surface area (Å²) in [4.78, 5) is 2.30. The van der Waals surface area contributed by atoms with Gasteiger partial charge in [0.05, 0.1) is 10.6 Å². The Morgan fingerprint density at radius 2 is 2.06 bits per heavy atom. The molecule has 0 radical (unpaired) electrons. The summed E-state index contributed by atoms with van der Waals surface area (Å²) in [7, 11) is 0. The highest BCUT2D eigenvalue weighted by Crippen LogP contribution is 2.45. The number of benzene rings is 1. The molecular weight excluding hydrogens is 222 g/mol. The number of anilines is 1. The zero-order chi connectivity index (χ0) is 11.3. The Hall–Kier alpha value is -1.24. The van der Waals surface area contributed by atoms with Crippen LogP contribution in [0.4, 0.5) is 5.69 Å². The van der Waals surface area contributed by atoms with E-state index in [1.54, 1.807) is 6.07 Å². The number of hydrogen-bond acceptors (Lipinski definition) is 3. The molecule has 0 amide bonds. The lowest BCUT2D eigenvalue weighted by molar-refractivity contribution is 0.743. The molecule has 1 saturated heterocycles. The van der Waals surface area contributed by atoms with Crippen LogP contribution in [0.2, 0.25) is 5.02 Å². The van der Waals surface area contributed by atoms with Crippen molar-refractivity contribution in [1.29, 1.82) is 5.26 Å². The number of nitriles is 1. The Morgan fingerprint density at radius 1 is 1.38 bits per heavy atom. The van der Waals surface area contributed by atoms with E-state index in [4.69, 9.17) is 22.6 Å². The Kier molecular flexibility index (Phi) is 2.10. The molecule has 0 bridgehead atoms. The van der Waals surface area contributed by atoms with Gasteiger partial charge in [0.25, 0.3) is 0 Å². The Morgan fingerprint density at radius 3 is 2.62 bits per heavy atom. The molecule has 1 saturated carbocycles. The van der Waals surface area contributed by atoms with Crippen molar-refractivity contribution < 1.29 is 0 Å². The van der Waals surface area contributed by atoms with Gasteiger partial charge in [0.2, 0.25) is 0 Å². The average Bonchev–Trinajstić information content (AvgIpc) is 2.75. The number of nitrogens with zero attached hydrogens (tertiary/aromatic N) is 2. The first kappa shape index (κ1) is 9.95. The maximum atomic E-state index is 8.79. The minimum atomic E-state index is 0.408. The van der Waals surface area contributed by atoms with Gasteiger partial charge in [-0.2, -0.15) is 5.26 Å². The van der Waals surface area contributed by atoms with Gasteiger partial charge in [0.15, 0.2) is 0 Å². The fourth-order valence-electron chi connectivity index (χ4n) is 2.57. The van der Waals surface area contributed by atoms with Crippen LogP contribution in [-0.4, -0.2) is 19.1 Å². The highest BCUT2D eigenvalue weighted by atomic mass is 35.5. The van der Waals surface area contributed by atoms with Crippen LogP contribution in [0.15, 0.2) is 18.2 Å². The second-order valence-electron chi connectivity index (χ2n) is 4.59. The van der Waals surface area contributed by atoms with Crippen molar-refractivity contribution >= 4 is 17.3 Å². The standard InChI is InChI=1S/C12H12ClN3/c13-11-3-8(2-1-7(11)4-14)16-5-9-10(6-16)12(9)15/h1-3,9-10,12H,5-6,15H2. The van der Waals surface area contributed by atoms with Crippen molar-refractivity contribution in [3.05, 3.63) is 28.8 Å². The quantitative estimate of drug-likeness (QED) is 0.802. The SMILES string of the molecule is N#Cc1ccc(N2CC3C(N)C3C2)cc1Cl. The first-order valence-electron chi connectivity index (χ1n) is 5.41. The van der Waals surface area contributed by atoms with Crippen molar-refractivity contribution in [2.75, 3.05) is 18.0 Å². The second kappa shape index (κ2) is 3.38. The van der Waals surface area contributed by atoms with Crippen LogP contribution < -0.4 is 10.6 Å². The van der Waals surface area contributed by atoms with Gasteiger partial charge in [0.1, 0.15) is 6.07 Å². The summed E-state index contributed by atoms with van der Waals surface area (Å²) < 4.78 is 0. The molecule has 3 rings (SSSR count). The van der Waals surface area contributed by atoms with Gasteiger partial charge in [-0.1, -0.05) is 11.6 Å². The third kappa shape index (κ3) is 1.38. The molecule has 0 spiro atoms. The molecule has 2 N–H and O–H groups in total. The molecule has 82 valence electrons. The van der Waals surface area contributed by atoms with Crippen molar-refractivity contribution in [3.63, 3.8) is 0 Å². The molecule has 1 aliphatic heterocycles. The van der Waals surface area contributed by atoms with Crippen molar-refractivity contribution in [2.45, 2.75) is 6.04 Å². The van der Waals surface area contributed by atoms with Crippen molar-refractivity contribution in [3.8, 4) is 6.07 Å². The van der Waals surface area contributed by atoms with Crippen LogP contribution in [0.5, 0.6) is 0 Å². The third-order valence-electron chi connectivity index (χ3n) is 3.70. The van der Waals surface area contributed by atoms with E-state index in [0.29, 0.717) is 28.5 Å². The van der Waals surface area contributed by atoms with Crippen molar-refractivity contribution in [2.24, 2.45) is 17.6 Å². The molecule has 3 nitrogen and oxygen atoms in total. The van der Waals surface area contributed by atoms with Crippen molar-refractivity contribution in [1.82, 2.24) is 0 Å². The van der Waals surface area contributed by atoms with E-state index in [0.717, 1.165) is 18.8 Å². The van der Waals surface area contributed by atoms with E-state index in [9.17, 15) is 0 Å². The molecule has 1 aromatic rings. The monoisotopic (exact) mass is 233 g/mol. The molecule has 0 aromatic heterocycles. The average molecular weight is 234 g/mol. The zero-order valence-electron chi connectivity index (χ0n) is 8.73. The van der Waals surface area contributed by atoms with E-state index < -0.39 is 0 Å². The van der Waals surface area contributed by atoms with E-state index in [2.05, 4.69) is 11.0 Å². The molecule has 2 atom stereocenters. The Balaban J connectivity index is 1.81. The van der Waals surface area contributed by atoms with Crippen LogP contribution in [0, 0.1) is 23.2 Å². The summed E-state index contributed by atoms with van der Waals surface area (Å²) in [5, 5.41) is 9.33. The summed E-state index contributed by atoms with van der Waals surface area (Å²) in [6.45, 7) is 2.04. The number of piperidine rings is 1. The highest BCUT2D eigenvalue weighted by Gasteiger charge is 2.53. The Labute approximate surface area is 99.4 Å². The summed E-state index contributed by atoms with van der Waals surface area (Å²) >= 11 is 6.01. The van der Waals surface area contributed by atoms with Gasteiger partial charge >= 0.3 is 0 Å². The second-order valence-corrected chi connectivity index (χ2v) is 4.99. The molecule has 16 heavy (non-hydrogen) atoms. The normalized spacial score (nSPS) is 31.1. The van der Waals surface area contributed by atoms with Gasteiger partial charge < -0.3 is 10.6 Å². The minimum absolute atomic E-state index is 0.408. The van der Waals surface area contributed by atoms with Gasteiger partial charge in [-0.05, 0) is 30.0 Å². The molecule has 2 unspecified atom stereocenters. The third-order valence-corrected chi connectivity index (χ3v) is 4.01. The topological polar surface area (TPSA) is 53.0 Å². The maximum Gasteiger partial charge on any atom is 0.101 e. The first-order chi connectivity index (χ1) is 7.70. The van der Waals surface area contributed by atoms with Crippen LogP contribution in [0.3, 0.4) is 0 Å². The number of halogens is 1. The summed E-state index contributed by atoms with van der Waals surface area (Å²) in [5.74, 6) is 1.32. The molecule has 1 aliphatic carbocycles. The van der Waals surface area contributed by atoms with Crippen LogP contribution in [0.25, 0.3) is 0 Å². The summed E-state index contributed by atoms with van der Waals surface area (Å²) in [5.41, 5.74) is 7.53. The van der Waals surface area contributed by atoms with Crippen LogP contribution >= 0.6 is 11.6 Å². The predicted molar refractivity (Wildman–Crippen MR) is 63.3 cm³/mol. The summed E-state index contributed by atoms with van der Waals surface area (Å²) in [6, 6.07) is 8.08. The predicted octanol–water partition coefficient (Wildman–Crippen LogP) is 1.60.